The molecule has 1 aliphatic heterocycles. The lowest BCUT2D eigenvalue weighted by Gasteiger charge is -2.17. The zero-order valence-electron chi connectivity index (χ0n) is 11.9. The van der Waals surface area contributed by atoms with Crippen molar-refractivity contribution in [3.63, 3.8) is 0 Å². The molecule has 0 aromatic carbocycles. The van der Waals surface area contributed by atoms with Gasteiger partial charge in [0.15, 0.2) is 0 Å². The van der Waals surface area contributed by atoms with Crippen LogP contribution in [0.2, 0.25) is 0 Å². The normalized spacial score (nSPS) is 20.3. The van der Waals surface area contributed by atoms with Crippen LogP contribution >= 0.6 is 0 Å². The molecule has 0 bridgehead atoms. The fourth-order valence-electron chi connectivity index (χ4n) is 2.25. The SMILES string of the molecule is CCCNC(C)c1nnc(N2CCC(C)(C)C2)o1. The van der Waals surface area contributed by atoms with Crippen molar-refractivity contribution in [3.8, 4) is 0 Å². The van der Waals surface area contributed by atoms with E-state index in [1.54, 1.807) is 0 Å². The lowest BCUT2D eigenvalue weighted by Crippen LogP contribution is -2.23. The number of hydrogen-bond donors (Lipinski definition) is 1. The van der Waals surface area contributed by atoms with E-state index in [4.69, 9.17) is 4.42 Å². The van der Waals surface area contributed by atoms with Crippen molar-refractivity contribution < 1.29 is 4.42 Å². The van der Waals surface area contributed by atoms with Crippen LogP contribution in [0.4, 0.5) is 6.01 Å². The third-order valence-corrected chi connectivity index (χ3v) is 3.45. The fraction of sp³-hybridized carbons (Fsp3) is 0.846. The number of nitrogens with one attached hydrogen (secondary N) is 1. The summed E-state index contributed by atoms with van der Waals surface area (Å²) < 4.78 is 5.76. The zero-order valence-corrected chi connectivity index (χ0v) is 11.9. The van der Waals surface area contributed by atoms with Crippen LogP contribution in [0.25, 0.3) is 0 Å². The molecule has 5 heteroatoms. The van der Waals surface area contributed by atoms with Gasteiger partial charge in [-0.2, -0.15) is 0 Å². The number of nitrogens with zero attached hydrogens (tertiary/aromatic N) is 3. The maximum absolute atomic E-state index is 5.76. The Morgan fingerprint density at radius 2 is 2.22 bits per heavy atom. The van der Waals surface area contributed by atoms with E-state index in [-0.39, 0.29) is 6.04 Å². The molecule has 1 saturated heterocycles. The van der Waals surface area contributed by atoms with Gasteiger partial charge in [-0.25, -0.2) is 0 Å². The van der Waals surface area contributed by atoms with Crippen molar-refractivity contribution >= 4 is 6.01 Å². The van der Waals surface area contributed by atoms with Gasteiger partial charge in [0.05, 0.1) is 6.04 Å². The second kappa shape index (κ2) is 5.26. The molecule has 5 nitrogen and oxygen atoms in total. The Hall–Kier alpha value is -1.10. The van der Waals surface area contributed by atoms with E-state index in [0.29, 0.717) is 17.3 Å². The van der Waals surface area contributed by atoms with Gasteiger partial charge in [-0.1, -0.05) is 25.9 Å². The molecule has 1 aromatic heterocycles. The highest BCUT2D eigenvalue weighted by Gasteiger charge is 2.32. The minimum Gasteiger partial charge on any atom is -0.406 e. The van der Waals surface area contributed by atoms with Crippen LogP contribution in [0.1, 0.15) is 52.5 Å². The third-order valence-electron chi connectivity index (χ3n) is 3.45. The molecule has 0 spiro atoms. The van der Waals surface area contributed by atoms with Crippen molar-refractivity contribution in [2.24, 2.45) is 5.41 Å². The summed E-state index contributed by atoms with van der Waals surface area (Å²) in [5.41, 5.74) is 0.348. The Morgan fingerprint density at radius 1 is 1.44 bits per heavy atom. The molecule has 0 radical (unpaired) electrons. The smallest absolute Gasteiger partial charge is 0.318 e. The van der Waals surface area contributed by atoms with Gasteiger partial charge in [0, 0.05) is 13.1 Å². The van der Waals surface area contributed by atoms with Crippen LogP contribution < -0.4 is 10.2 Å². The van der Waals surface area contributed by atoms with Gasteiger partial charge in [0.1, 0.15) is 0 Å². The summed E-state index contributed by atoms with van der Waals surface area (Å²) in [5.74, 6) is 0.683. The standard InChI is InChI=1S/C13H24N4O/c1-5-7-14-10(2)11-15-16-12(18-11)17-8-6-13(3,4)9-17/h10,14H,5-9H2,1-4H3. The molecule has 0 saturated carbocycles. The quantitative estimate of drug-likeness (QED) is 0.872. The predicted molar refractivity (Wildman–Crippen MR) is 71.6 cm³/mol. The Kier molecular flexibility index (Phi) is 3.90. The second-order valence-electron chi connectivity index (χ2n) is 5.93. The highest BCUT2D eigenvalue weighted by atomic mass is 16.4. The average molecular weight is 252 g/mol. The maximum Gasteiger partial charge on any atom is 0.318 e. The lowest BCUT2D eigenvalue weighted by atomic mass is 9.93. The minimum absolute atomic E-state index is 0.127. The Bertz CT molecular complexity index is 388. The monoisotopic (exact) mass is 252 g/mol. The largest absolute Gasteiger partial charge is 0.406 e. The van der Waals surface area contributed by atoms with E-state index >= 15 is 0 Å². The molecule has 2 heterocycles. The maximum atomic E-state index is 5.76. The van der Waals surface area contributed by atoms with Crippen LogP contribution in [-0.4, -0.2) is 29.8 Å². The van der Waals surface area contributed by atoms with Crippen molar-refractivity contribution in [2.45, 2.75) is 46.6 Å². The summed E-state index contributed by atoms with van der Waals surface area (Å²) in [6.45, 7) is 11.7. The van der Waals surface area contributed by atoms with E-state index in [9.17, 15) is 0 Å². The molecule has 1 N–H and O–H groups in total. The van der Waals surface area contributed by atoms with Crippen LogP contribution in [0, 0.1) is 5.41 Å². The molecule has 1 aliphatic rings. The van der Waals surface area contributed by atoms with E-state index in [1.807, 2.05) is 0 Å². The topological polar surface area (TPSA) is 54.2 Å². The molecule has 1 fully saturated rings. The van der Waals surface area contributed by atoms with Crippen molar-refractivity contribution in [1.29, 1.82) is 0 Å². The molecule has 1 aromatic rings. The minimum atomic E-state index is 0.127. The van der Waals surface area contributed by atoms with E-state index in [1.165, 1.54) is 6.42 Å². The second-order valence-corrected chi connectivity index (χ2v) is 5.93. The third kappa shape index (κ3) is 3.02. The van der Waals surface area contributed by atoms with Gasteiger partial charge in [-0.05, 0) is 31.7 Å². The van der Waals surface area contributed by atoms with E-state index < -0.39 is 0 Å². The molecule has 102 valence electrons. The highest BCUT2D eigenvalue weighted by Crippen LogP contribution is 2.32. The molecule has 0 aliphatic carbocycles. The first-order chi connectivity index (χ1) is 8.52. The fourth-order valence-corrected chi connectivity index (χ4v) is 2.25. The van der Waals surface area contributed by atoms with Gasteiger partial charge in [0.25, 0.3) is 0 Å². The predicted octanol–water partition coefficient (Wildman–Crippen LogP) is 2.37. The highest BCUT2D eigenvalue weighted by molar-refractivity contribution is 5.27. The first-order valence-electron chi connectivity index (χ1n) is 6.83. The van der Waals surface area contributed by atoms with Gasteiger partial charge in [-0.15, -0.1) is 5.10 Å². The van der Waals surface area contributed by atoms with Crippen LogP contribution in [0.3, 0.4) is 0 Å². The van der Waals surface area contributed by atoms with Crippen molar-refractivity contribution in [2.75, 3.05) is 24.5 Å². The summed E-state index contributed by atoms with van der Waals surface area (Å²) in [6.07, 6.45) is 2.28. The first-order valence-corrected chi connectivity index (χ1v) is 6.83. The van der Waals surface area contributed by atoms with E-state index in [2.05, 4.69) is 48.1 Å². The average Bonchev–Trinajstić information content (AvgIpc) is 2.92. The Labute approximate surface area is 109 Å². The van der Waals surface area contributed by atoms with Gasteiger partial charge < -0.3 is 14.6 Å². The summed E-state index contributed by atoms with van der Waals surface area (Å²) in [4.78, 5) is 2.18. The molecule has 18 heavy (non-hydrogen) atoms. The van der Waals surface area contributed by atoms with Gasteiger partial charge in [0.2, 0.25) is 5.89 Å². The zero-order chi connectivity index (χ0) is 13.2. The summed E-state index contributed by atoms with van der Waals surface area (Å²) in [6, 6.07) is 0.794. The summed E-state index contributed by atoms with van der Waals surface area (Å²) in [7, 11) is 0. The van der Waals surface area contributed by atoms with Gasteiger partial charge >= 0.3 is 6.01 Å². The molecule has 1 atom stereocenters. The number of anilines is 1. The number of rotatable bonds is 5. The van der Waals surface area contributed by atoms with Crippen molar-refractivity contribution in [1.82, 2.24) is 15.5 Å². The molecule has 2 rings (SSSR count). The Morgan fingerprint density at radius 3 is 2.83 bits per heavy atom. The Balaban J connectivity index is 1.98. The van der Waals surface area contributed by atoms with Crippen LogP contribution in [0.5, 0.6) is 0 Å². The molecule has 1 unspecified atom stereocenters. The summed E-state index contributed by atoms with van der Waals surface area (Å²) in [5, 5.41) is 11.7. The van der Waals surface area contributed by atoms with Crippen LogP contribution in [-0.2, 0) is 0 Å². The molecular formula is C13H24N4O. The van der Waals surface area contributed by atoms with Crippen LogP contribution in [0.15, 0.2) is 4.42 Å². The van der Waals surface area contributed by atoms with Crippen molar-refractivity contribution in [3.05, 3.63) is 5.89 Å². The summed E-state index contributed by atoms with van der Waals surface area (Å²) >= 11 is 0. The molecule has 0 amide bonds. The lowest BCUT2D eigenvalue weighted by molar-refractivity contribution is 0.402. The van der Waals surface area contributed by atoms with Gasteiger partial charge in [-0.3, -0.25) is 0 Å². The number of hydrogen-bond acceptors (Lipinski definition) is 5. The molecular weight excluding hydrogens is 228 g/mol. The number of aromatic nitrogens is 2. The first kappa shape index (κ1) is 13.3. The van der Waals surface area contributed by atoms with E-state index in [0.717, 1.165) is 26.1 Å².